The highest BCUT2D eigenvalue weighted by Gasteiger charge is 2.17. The number of hydrogen-bond acceptors (Lipinski definition) is 7. The van der Waals surface area contributed by atoms with Gasteiger partial charge >= 0.3 is 0 Å². The van der Waals surface area contributed by atoms with Crippen molar-refractivity contribution in [3.05, 3.63) is 95.4 Å². The van der Waals surface area contributed by atoms with Crippen LogP contribution in [0.3, 0.4) is 0 Å². The first-order chi connectivity index (χ1) is 19.5. The average molecular weight is 577 g/mol. The molecule has 9 heteroatoms. The molecule has 3 N–H and O–H groups in total. The summed E-state index contributed by atoms with van der Waals surface area (Å²) >= 11 is 1.70. The van der Waals surface area contributed by atoms with E-state index in [1.807, 2.05) is 36.5 Å². The molecule has 0 bridgehead atoms. The maximum absolute atomic E-state index is 13.0. The Balaban J connectivity index is 1.10. The van der Waals surface area contributed by atoms with Gasteiger partial charge in [-0.3, -0.25) is 9.71 Å². The van der Waals surface area contributed by atoms with Crippen LogP contribution in [-0.4, -0.2) is 36.6 Å². The van der Waals surface area contributed by atoms with Crippen molar-refractivity contribution in [1.82, 2.24) is 15.3 Å². The molecule has 5 rings (SSSR count). The van der Waals surface area contributed by atoms with Crippen molar-refractivity contribution in [3.8, 4) is 10.4 Å². The van der Waals surface area contributed by atoms with Crippen LogP contribution in [0, 0.1) is 5.92 Å². The predicted molar refractivity (Wildman–Crippen MR) is 161 cm³/mol. The standard InChI is InChI=1S/C31H36N4O3S2/c36-29(26-6-3-18-32-20-26)21-33-19-17-24-7-12-27(13-8-24)35-40(37,38)28-14-10-25(11-15-28)30-22-34-31(39-30)16-9-23-4-1-2-5-23/h3,6-8,10-15,18,20,22-23,29,33,35-36H,1-2,4-5,9,16-17,19,21H2. The Labute approximate surface area is 240 Å². The average Bonchev–Trinajstić information content (AvgIpc) is 3.68. The third kappa shape index (κ3) is 7.75. The number of aromatic nitrogens is 2. The van der Waals surface area contributed by atoms with E-state index in [0.717, 1.165) is 45.3 Å². The number of sulfonamides is 1. The largest absolute Gasteiger partial charge is 0.387 e. The molecular formula is C31H36N4O3S2. The Bertz CT molecular complexity index is 1450. The fourth-order valence-corrected chi connectivity index (χ4v) is 7.10. The molecule has 1 fully saturated rings. The molecule has 0 aliphatic heterocycles. The van der Waals surface area contributed by atoms with Crippen LogP contribution < -0.4 is 10.0 Å². The van der Waals surface area contributed by atoms with E-state index < -0.39 is 16.1 Å². The zero-order valence-corrected chi connectivity index (χ0v) is 24.1. The van der Waals surface area contributed by atoms with E-state index in [9.17, 15) is 13.5 Å². The lowest BCUT2D eigenvalue weighted by Crippen LogP contribution is -2.23. The van der Waals surface area contributed by atoms with E-state index in [-0.39, 0.29) is 4.90 Å². The maximum Gasteiger partial charge on any atom is 0.261 e. The predicted octanol–water partition coefficient (Wildman–Crippen LogP) is 5.99. The normalized spacial score (nSPS) is 14.8. The summed E-state index contributed by atoms with van der Waals surface area (Å²) < 4.78 is 28.6. The van der Waals surface area contributed by atoms with Gasteiger partial charge in [-0.2, -0.15) is 0 Å². The van der Waals surface area contributed by atoms with Crippen LogP contribution in [0.4, 0.5) is 5.69 Å². The lowest BCUT2D eigenvalue weighted by atomic mass is 10.0. The number of rotatable bonds is 13. The highest BCUT2D eigenvalue weighted by Crippen LogP contribution is 2.32. The lowest BCUT2D eigenvalue weighted by molar-refractivity contribution is 0.174. The van der Waals surface area contributed by atoms with Crippen LogP contribution in [0.1, 0.15) is 54.3 Å². The van der Waals surface area contributed by atoms with Crippen LogP contribution in [-0.2, 0) is 22.9 Å². The van der Waals surface area contributed by atoms with E-state index in [1.54, 1.807) is 54.1 Å². The van der Waals surface area contributed by atoms with Gasteiger partial charge in [0.25, 0.3) is 10.0 Å². The monoisotopic (exact) mass is 576 g/mol. The smallest absolute Gasteiger partial charge is 0.261 e. The molecular weight excluding hydrogens is 541 g/mol. The molecule has 0 radical (unpaired) electrons. The lowest BCUT2D eigenvalue weighted by Gasteiger charge is -2.12. The highest BCUT2D eigenvalue weighted by molar-refractivity contribution is 7.92. The van der Waals surface area contributed by atoms with Crippen molar-refractivity contribution in [1.29, 1.82) is 0 Å². The van der Waals surface area contributed by atoms with Crippen molar-refractivity contribution in [2.24, 2.45) is 5.92 Å². The van der Waals surface area contributed by atoms with Crippen molar-refractivity contribution >= 4 is 27.0 Å². The van der Waals surface area contributed by atoms with Crippen LogP contribution in [0.2, 0.25) is 0 Å². The molecule has 40 heavy (non-hydrogen) atoms. The summed E-state index contributed by atoms with van der Waals surface area (Å²) in [7, 11) is -3.70. The molecule has 0 amide bonds. The number of hydrogen-bond donors (Lipinski definition) is 3. The fourth-order valence-electron chi connectivity index (χ4n) is 5.10. The molecule has 4 aromatic rings. The molecule has 2 aromatic heterocycles. The summed E-state index contributed by atoms with van der Waals surface area (Å²) in [6.45, 7) is 1.13. The molecule has 0 spiro atoms. The number of aliphatic hydroxyl groups excluding tert-OH is 1. The van der Waals surface area contributed by atoms with E-state index in [1.165, 1.54) is 32.1 Å². The number of nitrogens with zero attached hydrogens (tertiary/aromatic N) is 2. The molecule has 1 unspecified atom stereocenters. The van der Waals surface area contributed by atoms with Gasteiger partial charge in [-0.05, 0) is 73.2 Å². The van der Waals surface area contributed by atoms with Crippen molar-refractivity contribution in [2.45, 2.75) is 55.9 Å². The molecule has 2 heterocycles. The minimum absolute atomic E-state index is 0.225. The summed E-state index contributed by atoms with van der Waals surface area (Å²) in [6, 6.07) is 18.0. The first-order valence-electron chi connectivity index (χ1n) is 13.9. The molecule has 1 aliphatic rings. The Hall–Kier alpha value is -3.11. The SMILES string of the molecule is O=S(=O)(Nc1ccc(CCNCC(O)c2cccnc2)cc1)c1ccc(-c2cnc(CCC3CCCC3)s2)cc1. The third-order valence-corrected chi connectivity index (χ3v) is 9.95. The molecule has 210 valence electrons. The van der Waals surface area contributed by atoms with E-state index in [2.05, 4.69) is 20.0 Å². The second kappa shape index (κ2) is 13.5. The second-order valence-electron chi connectivity index (χ2n) is 10.4. The van der Waals surface area contributed by atoms with Gasteiger partial charge in [0.1, 0.15) is 0 Å². The van der Waals surface area contributed by atoms with Crippen LogP contribution >= 0.6 is 11.3 Å². The van der Waals surface area contributed by atoms with Gasteiger partial charge in [-0.1, -0.05) is 56.0 Å². The summed E-state index contributed by atoms with van der Waals surface area (Å²) in [5.41, 5.74) is 3.35. The number of anilines is 1. The second-order valence-corrected chi connectivity index (χ2v) is 13.2. The first-order valence-corrected chi connectivity index (χ1v) is 16.2. The topological polar surface area (TPSA) is 104 Å². The van der Waals surface area contributed by atoms with Gasteiger partial charge in [0.2, 0.25) is 0 Å². The Morgan fingerprint density at radius 1 is 0.975 bits per heavy atom. The number of pyridine rings is 1. The van der Waals surface area contributed by atoms with Crippen molar-refractivity contribution in [3.63, 3.8) is 0 Å². The van der Waals surface area contributed by atoms with Gasteiger partial charge in [-0.15, -0.1) is 11.3 Å². The number of nitrogens with one attached hydrogen (secondary N) is 2. The van der Waals surface area contributed by atoms with Crippen molar-refractivity contribution < 1.29 is 13.5 Å². The van der Waals surface area contributed by atoms with Gasteiger partial charge < -0.3 is 10.4 Å². The molecule has 1 saturated carbocycles. The van der Waals surface area contributed by atoms with Gasteiger partial charge in [0.15, 0.2) is 0 Å². The Morgan fingerprint density at radius 2 is 1.75 bits per heavy atom. The summed E-state index contributed by atoms with van der Waals surface area (Å²) in [4.78, 5) is 9.92. The summed E-state index contributed by atoms with van der Waals surface area (Å²) in [5.74, 6) is 0.848. The van der Waals surface area contributed by atoms with E-state index in [0.29, 0.717) is 18.8 Å². The molecule has 7 nitrogen and oxygen atoms in total. The molecule has 0 saturated heterocycles. The van der Waals surface area contributed by atoms with Gasteiger partial charge in [0, 0.05) is 36.4 Å². The summed E-state index contributed by atoms with van der Waals surface area (Å²) in [6.07, 6.45) is 13.1. The maximum atomic E-state index is 13.0. The van der Waals surface area contributed by atoms with Crippen LogP contribution in [0.25, 0.3) is 10.4 Å². The fraction of sp³-hybridized carbons (Fsp3) is 0.355. The highest BCUT2D eigenvalue weighted by atomic mass is 32.2. The molecule has 1 atom stereocenters. The Morgan fingerprint density at radius 3 is 2.48 bits per heavy atom. The Kier molecular flexibility index (Phi) is 9.59. The first kappa shape index (κ1) is 28.4. The number of thiazole rings is 1. The number of aryl methyl sites for hydroxylation is 1. The van der Waals surface area contributed by atoms with E-state index >= 15 is 0 Å². The van der Waals surface area contributed by atoms with Gasteiger partial charge in [0.05, 0.1) is 20.9 Å². The van der Waals surface area contributed by atoms with Crippen molar-refractivity contribution in [2.75, 3.05) is 17.8 Å². The van der Waals surface area contributed by atoms with Gasteiger partial charge in [-0.25, -0.2) is 13.4 Å². The quantitative estimate of drug-likeness (QED) is 0.169. The number of benzene rings is 2. The summed E-state index contributed by atoms with van der Waals surface area (Å²) in [5, 5.41) is 14.6. The minimum Gasteiger partial charge on any atom is -0.387 e. The van der Waals surface area contributed by atoms with Crippen LogP contribution in [0.15, 0.2) is 84.1 Å². The van der Waals surface area contributed by atoms with E-state index in [4.69, 9.17) is 0 Å². The third-order valence-electron chi connectivity index (χ3n) is 7.45. The van der Waals surface area contributed by atoms with Crippen LogP contribution in [0.5, 0.6) is 0 Å². The zero-order valence-electron chi connectivity index (χ0n) is 22.5. The molecule has 2 aromatic carbocycles. The zero-order chi connectivity index (χ0) is 27.8. The minimum atomic E-state index is -3.70. The number of aliphatic hydroxyl groups is 1. The molecule has 1 aliphatic carbocycles.